The maximum Gasteiger partial charge on any atom is 0.227 e. The number of nitrogens with one attached hydrogen (secondary N) is 1. The van der Waals surface area contributed by atoms with Crippen LogP contribution >= 0.6 is 22.6 Å². The van der Waals surface area contributed by atoms with E-state index in [1.807, 2.05) is 31.2 Å². The van der Waals surface area contributed by atoms with Crippen LogP contribution in [0, 0.1) is 3.57 Å². The predicted molar refractivity (Wildman–Crippen MR) is 77.1 cm³/mol. The van der Waals surface area contributed by atoms with Gasteiger partial charge in [-0.25, -0.2) is 9.97 Å². The lowest BCUT2D eigenvalue weighted by molar-refractivity contribution is 0.820. The van der Waals surface area contributed by atoms with Gasteiger partial charge in [0, 0.05) is 27.7 Å². The molecule has 1 heterocycles. The Bertz CT molecular complexity index is 496. The Labute approximate surface area is 114 Å². The van der Waals surface area contributed by atoms with E-state index in [1.165, 1.54) is 0 Å². The zero-order valence-electron chi connectivity index (χ0n) is 9.39. The van der Waals surface area contributed by atoms with E-state index in [-0.39, 0.29) is 6.04 Å². The summed E-state index contributed by atoms with van der Waals surface area (Å²) in [6.07, 6.45) is 3.54. The number of benzene rings is 1. The Morgan fingerprint density at radius 3 is 2.53 bits per heavy atom. The molecule has 0 aliphatic rings. The second kappa shape index (κ2) is 5.42. The lowest BCUT2D eigenvalue weighted by atomic mass is 10.1. The number of para-hydroxylation sites is 1. The summed E-state index contributed by atoms with van der Waals surface area (Å²) < 4.78 is 1.01. The highest BCUT2D eigenvalue weighted by atomic mass is 127. The van der Waals surface area contributed by atoms with E-state index >= 15 is 0 Å². The van der Waals surface area contributed by atoms with Crippen molar-refractivity contribution >= 4 is 34.2 Å². The number of aromatic nitrogens is 2. The van der Waals surface area contributed by atoms with Crippen molar-refractivity contribution in [2.75, 3.05) is 5.32 Å². The molecule has 4 nitrogen and oxygen atoms in total. The van der Waals surface area contributed by atoms with Crippen LogP contribution < -0.4 is 11.1 Å². The average molecular weight is 340 g/mol. The number of nitrogens with two attached hydrogens (primary N) is 1. The van der Waals surface area contributed by atoms with Crippen molar-refractivity contribution in [2.45, 2.75) is 13.0 Å². The quantitative estimate of drug-likeness (QED) is 0.844. The first-order chi connectivity index (χ1) is 8.16. The Kier molecular flexibility index (Phi) is 3.90. The molecule has 2 aromatic rings. The van der Waals surface area contributed by atoms with Crippen molar-refractivity contribution < 1.29 is 0 Å². The summed E-state index contributed by atoms with van der Waals surface area (Å²) in [7, 11) is 0. The van der Waals surface area contributed by atoms with Crippen LogP contribution in [0.2, 0.25) is 0 Å². The van der Waals surface area contributed by atoms with Gasteiger partial charge in [0.25, 0.3) is 0 Å². The van der Waals surface area contributed by atoms with Crippen LogP contribution in [-0.2, 0) is 0 Å². The van der Waals surface area contributed by atoms with Gasteiger partial charge < -0.3 is 11.1 Å². The molecule has 88 valence electrons. The second-order valence-corrected chi connectivity index (χ2v) is 4.97. The molecule has 0 saturated carbocycles. The van der Waals surface area contributed by atoms with E-state index in [9.17, 15) is 0 Å². The highest BCUT2D eigenvalue weighted by Crippen LogP contribution is 2.23. The first-order valence-corrected chi connectivity index (χ1v) is 6.34. The van der Waals surface area contributed by atoms with Crippen molar-refractivity contribution in [3.63, 3.8) is 0 Å². The van der Waals surface area contributed by atoms with Crippen LogP contribution in [0.3, 0.4) is 0 Å². The molecular formula is C12H13IN4. The van der Waals surface area contributed by atoms with Crippen molar-refractivity contribution in [1.29, 1.82) is 0 Å². The molecule has 17 heavy (non-hydrogen) atoms. The first kappa shape index (κ1) is 12.3. The normalized spacial score (nSPS) is 12.2. The van der Waals surface area contributed by atoms with E-state index in [2.05, 4.69) is 37.9 Å². The maximum absolute atomic E-state index is 5.91. The van der Waals surface area contributed by atoms with E-state index < -0.39 is 0 Å². The molecule has 3 N–H and O–H groups in total. The van der Waals surface area contributed by atoms with Gasteiger partial charge in [-0.3, -0.25) is 0 Å². The number of rotatable bonds is 3. The average Bonchev–Trinajstić information content (AvgIpc) is 2.32. The number of anilines is 2. The van der Waals surface area contributed by atoms with Gasteiger partial charge in [0.2, 0.25) is 5.95 Å². The van der Waals surface area contributed by atoms with Crippen molar-refractivity contribution in [3.05, 3.63) is 45.8 Å². The molecular weight excluding hydrogens is 327 g/mol. The molecule has 0 bridgehead atoms. The molecule has 5 heteroatoms. The summed E-state index contributed by atoms with van der Waals surface area (Å²) in [5, 5.41) is 3.18. The van der Waals surface area contributed by atoms with Gasteiger partial charge in [0.05, 0.1) is 0 Å². The molecule has 1 unspecified atom stereocenters. The van der Waals surface area contributed by atoms with Crippen LogP contribution in [0.15, 0.2) is 36.7 Å². The van der Waals surface area contributed by atoms with E-state index in [0.29, 0.717) is 5.95 Å². The van der Waals surface area contributed by atoms with Gasteiger partial charge >= 0.3 is 0 Å². The number of hydrogen-bond donors (Lipinski definition) is 2. The lowest BCUT2D eigenvalue weighted by Crippen LogP contribution is -2.08. The van der Waals surface area contributed by atoms with Crippen LogP contribution in [0.5, 0.6) is 0 Å². The molecule has 0 aliphatic carbocycles. The minimum Gasteiger partial charge on any atom is -0.324 e. The number of hydrogen-bond acceptors (Lipinski definition) is 4. The highest BCUT2D eigenvalue weighted by Gasteiger charge is 2.06. The summed E-state index contributed by atoms with van der Waals surface area (Å²) in [5.74, 6) is 0.582. The Balaban J connectivity index is 2.26. The topological polar surface area (TPSA) is 63.8 Å². The molecule has 1 aromatic carbocycles. The van der Waals surface area contributed by atoms with Crippen molar-refractivity contribution in [1.82, 2.24) is 9.97 Å². The summed E-state index contributed by atoms with van der Waals surface area (Å²) in [5.41, 5.74) is 7.91. The molecule has 0 radical (unpaired) electrons. The molecule has 1 aromatic heterocycles. The predicted octanol–water partition coefficient (Wildman–Crippen LogP) is 2.84. The molecule has 1 atom stereocenters. The van der Waals surface area contributed by atoms with Gasteiger partial charge in [-0.1, -0.05) is 18.2 Å². The van der Waals surface area contributed by atoms with Crippen LogP contribution in [0.1, 0.15) is 18.5 Å². The molecule has 0 saturated heterocycles. The zero-order chi connectivity index (χ0) is 12.3. The van der Waals surface area contributed by atoms with E-state index in [0.717, 1.165) is 14.8 Å². The Hall–Kier alpha value is -1.21. The molecule has 0 amide bonds. The Morgan fingerprint density at radius 2 is 1.88 bits per heavy atom. The van der Waals surface area contributed by atoms with Crippen LogP contribution in [0.25, 0.3) is 0 Å². The summed E-state index contributed by atoms with van der Waals surface area (Å²) in [6, 6.07) is 7.88. The minimum atomic E-state index is -0.0254. The van der Waals surface area contributed by atoms with Gasteiger partial charge in [0.15, 0.2) is 0 Å². The fraction of sp³-hybridized carbons (Fsp3) is 0.167. The second-order valence-electron chi connectivity index (χ2n) is 3.73. The van der Waals surface area contributed by atoms with E-state index in [1.54, 1.807) is 12.4 Å². The van der Waals surface area contributed by atoms with Crippen molar-refractivity contribution in [3.8, 4) is 0 Å². The highest BCUT2D eigenvalue weighted by molar-refractivity contribution is 14.1. The number of nitrogens with zero attached hydrogens (tertiary/aromatic N) is 2. The standard InChI is InChI=1S/C12H13IN4/c1-8(14)10-4-2-3-5-11(10)17-12-15-6-9(13)7-16-12/h2-8H,14H2,1H3,(H,15,16,17). The fourth-order valence-corrected chi connectivity index (χ4v) is 1.78. The third-order valence-corrected chi connectivity index (χ3v) is 2.88. The molecule has 2 rings (SSSR count). The van der Waals surface area contributed by atoms with Crippen molar-refractivity contribution in [2.24, 2.45) is 5.73 Å². The number of halogens is 1. The smallest absolute Gasteiger partial charge is 0.227 e. The molecule has 0 aliphatic heterocycles. The first-order valence-electron chi connectivity index (χ1n) is 5.26. The fourth-order valence-electron chi connectivity index (χ4n) is 1.51. The zero-order valence-corrected chi connectivity index (χ0v) is 11.5. The van der Waals surface area contributed by atoms with Gasteiger partial charge in [-0.15, -0.1) is 0 Å². The summed E-state index contributed by atoms with van der Waals surface area (Å²) in [4.78, 5) is 8.41. The Morgan fingerprint density at radius 1 is 1.24 bits per heavy atom. The monoisotopic (exact) mass is 340 g/mol. The van der Waals surface area contributed by atoms with Crippen LogP contribution in [-0.4, -0.2) is 9.97 Å². The van der Waals surface area contributed by atoms with E-state index in [4.69, 9.17) is 5.73 Å². The summed E-state index contributed by atoms with van der Waals surface area (Å²) in [6.45, 7) is 1.95. The largest absolute Gasteiger partial charge is 0.324 e. The molecule has 0 spiro atoms. The SMILES string of the molecule is CC(N)c1ccccc1Nc1ncc(I)cn1. The van der Waals surface area contributed by atoms with Crippen LogP contribution in [0.4, 0.5) is 11.6 Å². The van der Waals surface area contributed by atoms with Gasteiger partial charge in [0.1, 0.15) is 0 Å². The lowest BCUT2D eigenvalue weighted by Gasteiger charge is -2.13. The van der Waals surface area contributed by atoms with Gasteiger partial charge in [-0.2, -0.15) is 0 Å². The third kappa shape index (κ3) is 3.13. The third-order valence-electron chi connectivity index (χ3n) is 2.32. The maximum atomic E-state index is 5.91. The molecule has 0 fully saturated rings. The summed E-state index contributed by atoms with van der Waals surface area (Å²) >= 11 is 2.17. The minimum absolute atomic E-state index is 0.0254. The van der Waals surface area contributed by atoms with Gasteiger partial charge in [-0.05, 0) is 41.1 Å².